The maximum absolute atomic E-state index is 12.7. The number of hydrogen-bond donors (Lipinski definition) is 1. The molecule has 122 valence electrons. The number of nitrogens with one attached hydrogen (secondary N) is 1. The van der Waals surface area contributed by atoms with E-state index in [1.165, 1.54) is 0 Å². The van der Waals surface area contributed by atoms with Crippen LogP contribution in [0, 0.1) is 0 Å². The summed E-state index contributed by atoms with van der Waals surface area (Å²) in [5, 5.41) is 0. The predicted octanol–water partition coefficient (Wildman–Crippen LogP) is 3.72. The van der Waals surface area contributed by atoms with Crippen molar-refractivity contribution in [2.45, 2.75) is 37.5 Å². The molecule has 0 saturated heterocycles. The van der Waals surface area contributed by atoms with Crippen molar-refractivity contribution in [1.29, 1.82) is 0 Å². The van der Waals surface area contributed by atoms with E-state index in [1.807, 2.05) is 18.2 Å². The lowest BCUT2D eigenvalue weighted by Gasteiger charge is -2.23. The molecule has 3 rings (SSSR count). The molecule has 0 saturated carbocycles. The quantitative estimate of drug-likeness (QED) is 0.932. The van der Waals surface area contributed by atoms with E-state index < -0.39 is 10.0 Å². The number of para-hydroxylation sites is 1. The fraction of sp³-hybridized carbons (Fsp3) is 0.333. The number of benzene rings is 2. The van der Waals surface area contributed by atoms with Crippen LogP contribution in [-0.4, -0.2) is 15.0 Å². The first-order valence-corrected chi connectivity index (χ1v) is 9.14. The largest absolute Gasteiger partial charge is 0.493 e. The van der Waals surface area contributed by atoms with Gasteiger partial charge in [0, 0.05) is 6.42 Å². The number of fused-ring (bicyclic) bond motifs is 1. The minimum absolute atomic E-state index is 0.148. The van der Waals surface area contributed by atoms with E-state index in [4.69, 9.17) is 4.74 Å². The van der Waals surface area contributed by atoms with Crippen molar-refractivity contribution < 1.29 is 13.2 Å². The van der Waals surface area contributed by atoms with Crippen molar-refractivity contribution in [3.63, 3.8) is 0 Å². The summed E-state index contributed by atoms with van der Waals surface area (Å²) in [6, 6.07) is 12.5. The van der Waals surface area contributed by atoms with Crippen LogP contribution < -0.4 is 9.46 Å². The fourth-order valence-electron chi connectivity index (χ4n) is 2.76. The van der Waals surface area contributed by atoms with E-state index in [2.05, 4.69) is 25.5 Å². The maximum atomic E-state index is 12.7. The van der Waals surface area contributed by atoms with E-state index in [-0.39, 0.29) is 10.3 Å². The molecule has 1 heterocycles. The number of rotatable bonds is 3. The Labute approximate surface area is 137 Å². The smallest absolute Gasteiger partial charge is 0.261 e. The topological polar surface area (TPSA) is 55.4 Å². The molecule has 0 aliphatic carbocycles. The van der Waals surface area contributed by atoms with Gasteiger partial charge in [0.15, 0.2) is 0 Å². The molecule has 0 fully saturated rings. The number of sulfonamides is 1. The number of anilines is 1. The maximum Gasteiger partial charge on any atom is 0.261 e. The minimum atomic E-state index is -3.62. The first-order valence-electron chi connectivity index (χ1n) is 7.65. The molecular formula is C18H21NO3S. The third kappa shape index (κ3) is 3.20. The fourth-order valence-corrected chi connectivity index (χ4v) is 3.89. The second-order valence-corrected chi connectivity index (χ2v) is 8.45. The van der Waals surface area contributed by atoms with Gasteiger partial charge in [0.2, 0.25) is 0 Å². The molecule has 4 nitrogen and oxygen atoms in total. The zero-order valence-corrected chi connectivity index (χ0v) is 14.4. The average Bonchev–Trinajstić information content (AvgIpc) is 2.93. The molecule has 0 radical (unpaired) electrons. The van der Waals surface area contributed by atoms with Crippen molar-refractivity contribution in [2.24, 2.45) is 0 Å². The zero-order valence-electron chi connectivity index (χ0n) is 13.6. The molecule has 2 aromatic rings. The summed E-state index contributed by atoms with van der Waals surface area (Å²) in [6.45, 7) is 6.80. The van der Waals surface area contributed by atoms with Crippen LogP contribution in [0.3, 0.4) is 0 Å². The molecule has 2 aromatic carbocycles. The average molecular weight is 331 g/mol. The van der Waals surface area contributed by atoms with Gasteiger partial charge in [-0.3, -0.25) is 4.72 Å². The second-order valence-electron chi connectivity index (χ2n) is 6.77. The molecule has 1 N–H and O–H groups in total. The summed E-state index contributed by atoms with van der Waals surface area (Å²) in [4.78, 5) is 0.269. The summed E-state index contributed by atoms with van der Waals surface area (Å²) < 4.78 is 33.6. The monoisotopic (exact) mass is 331 g/mol. The van der Waals surface area contributed by atoms with Gasteiger partial charge in [0.25, 0.3) is 10.0 Å². The van der Waals surface area contributed by atoms with E-state index in [0.717, 1.165) is 23.3 Å². The zero-order chi connectivity index (χ0) is 16.7. The Balaban J connectivity index is 1.97. The molecule has 1 aliphatic rings. The van der Waals surface area contributed by atoms with Crippen LogP contribution >= 0.6 is 0 Å². The summed E-state index contributed by atoms with van der Waals surface area (Å²) in [7, 11) is -3.62. The van der Waals surface area contributed by atoms with E-state index >= 15 is 0 Å². The normalized spacial score (nSPS) is 14.2. The highest BCUT2D eigenvalue weighted by Gasteiger charge is 2.23. The van der Waals surface area contributed by atoms with Crippen molar-refractivity contribution in [1.82, 2.24) is 0 Å². The number of hydrogen-bond acceptors (Lipinski definition) is 3. The highest BCUT2D eigenvalue weighted by molar-refractivity contribution is 7.92. The van der Waals surface area contributed by atoms with Gasteiger partial charge in [-0.25, -0.2) is 8.42 Å². The predicted molar refractivity (Wildman–Crippen MR) is 91.6 cm³/mol. The van der Waals surface area contributed by atoms with Gasteiger partial charge in [-0.15, -0.1) is 0 Å². The van der Waals surface area contributed by atoms with Gasteiger partial charge in [-0.1, -0.05) is 39.0 Å². The summed E-state index contributed by atoms with van der Waals surface area (Å²) >= 11 is 0. The lowest BCUT2D eigenvalue weighted by molar-refractivity contribution is 0.356. The summed E-state index contributed by atoms with van der Waals surface area (Å²) in [5.74, 6) is 0.777. The van der Waals surface area contributed by atoms with Crippen LogP contribution in [0.5, 0.6) is 5.75 Å². The van der Waals surface area contributed by atoms with E-state index in [0.29, 0.717) is 12.3 Å². The minimum Gasteiger partial charge on any atom is -0.493 e. The summed E-state index contributed by atoms with van der Waals surface area (Å²) in [5.41, 5.74) is 2.38. The number of ether oxygens (including phenoxy) is 1. The molecule has 5 heteroatoms. The third-order valence-corrected chi connectivity index (χ3v) is 5.31. The molecule has 0 amide bonds. The van der Waals surface area contributed by atoms with Gasteiger partial charge in [-0.2, -0.15) is 0 Å². The Morgan fingerprint density at radius 1 is 1.09 bits per heavy atom. The standard InChI is InChI=1S/C18H21NO3S/c1-18(2,3)15-6-4-5-7-16(15)19-23(20,21)14-8-9-17-13(12-14)10-11-22-17/h4-9,12,19H,10-11H2,1-3H3. The molecule has 0 atom stereocenters. The Morgan fingerprint density at radius 2 is 1.83 bits per heavy atom. The van der Waals surface area contributed by atoms with Gasteiger partial charge in [0.1, 0.15) is 5.75 Å². The lowest BCUT2D eigenvalue weighted by atomic mass is 9.86. The molecule has 0 unspecified atom stereocenters. The first kappa shape index (κ1) is 15.9. The van der Waals surface area contributed by atoms with Crippen LogP contribution in [0.15, 0.2) is 47.4 Å². The molecule has 0 spiro atoms. The van der Waals surface area contributed by atoms with E-state index in [9.17, 15) is 8.42 Å². The molecular weight excluding hydrogens is 310 g/mol. The molecule has 23 heavy (non-hydrogen) atoms. The third-order valence-electron chi connectivity index (χ3n) is 3.95. The molecule has 0 bridgehead atoms. The Bertz CT molecular complexity index is 836. The van der Waals surface area contributed by atoms with Crippen LogP contribution in [0.2, 0.25) is 0 Å². The first-order chi connectivity index (χ1) is 10.8. The van der Waals surface area contributed by atoms with Crippen LogP contribution in [0.25, 0.3) is 0 Å². The van der Waals surface area contributed by atoms with Crippen molar-refractivity contribution in [2.75, 3.05) is 11.3 Å². The Hall–Kier alpha value is -2.01. The van der Waals surface area contributed by atoms with Crippen LogP contribution in [-0.2, 0) is 21.9 Å². The van der Waals surface area contributed by atoms with Crippen molar-refractivity contribution in [3.05, 3.63) is 53.6 Å². The van der Waals surface area contributed by atoms with Gasteiger partial charge in [0.05, 0.1) is 17.2 Å². The van der Waals surface area contributed by atoms with E-state index in [1.54, 1.807) is 24.3 Å². The molecule has 0 aromatic heterocycles. The van der Waals surface area contributed by atoms with Gasteiger partial charge in [-0.05, 0) is 40.8 Å². The lowest BCUT2D eigenvalue weighted by Crippen LogP contribution is -2.19. The van der Waals surface area contributed by atoms with Gasteiger partial charge < -0.3 is 4.74 Å². The highest BCUT2D eigenvalue weighted by Crippen LogP contribution is 2.32. The second kappa shape index (κ2) is 5.57. The Morgan fingerprint density at radius 3 is 2.57 bits per heavy atom. The van der Waals surface area contributed by atoms with Crippen molar-refractivity contribution >= 4 is 15.7 Å². The SMILES string of the molecule is CC(C)(C)c1ccccc1NS(=O)(=O)c1ccc2c(c1)CCO2. The van der Waals surface area contributed by atoms with Crippen LogP contribution in [0.4, 0.5) is 5.69 Å². The van der Waals surface area contributed by atoms with Crippen molar-refractivity contribution in [3.8, 4) is 5.75 Å². The van der Waals surface area contributed by atoms with Crippen LogP contribution in [0.1, 0.15) is 31.9 Å². The van der Waals surface area contributed by atoms with Gasteiger partial charge >= 0.3 is 0 Å². The highest BCUT2D eigenvalue weighted by atomic mass is 32.2. The summed E-state index contributed by atoms with van der Waals surface area (Å²) in [6.07, 6.45) is 0.747. The Kier molecular flexibility index (Phi) is 3.84. The molecule has 1 aliphatic heterocycles.